The molecule has 0 amide bonds. The van der Waals surface area contributed by atoms with E-state index in [1.807, 2.05) is 27.7 Å². The van der Waals surface area contributed by atoms with Gasteiger partial charge in [-0.2, -0.15) is 9.78 Å². The molecule has 110 valence electrons. The summed E-state index contributed by atoms with van der Waals surface area (Å²) in [6.07, 6.45) is 1.45. The third-order valence-electron chi connectivity index (χ3n) is 3.75. The zero-order valence-corrected chi connectivity index (χ0v) is 12.1. The van der Waals surface area contributed by atoms with E-state index < -0.39 is 11.6 Å². The second kappa shape index (κ2) is 7.37. The minimum absolute atomic E-state index is 0.109. The molecular formula is C12H26O6. The second-order valence-electron chi connectivity index (χ2n) is 5.00. The normalized spacial score (nSPS) is 22.0. The quantitative estimate of drug-likeness (QED) is 0.378. The van der Waals surface area contributed by atoms with Crippen molar-refractivity contribution in [1.82, 2.24) is 0 Å². The van der Waals surface area contributed by atoms with Crippen LogP contribution in [0.2, 0.25) is 0 Å². The van der Waals surface area contributed by atoms with Gasteiger partial charge in [-0.15, -0.1) is 0 Å². The molecule has 0 saturated heterocycles. The van der Waals surface area contributed by atoms with Crippen LogP contribution in [0.3, 0.4) is 0 Å². The van der Waals surface area contributed by atoms with E-state index in [4.69, 9.17) is 20.3 Å². The third-order valence-corrected chi connectivity index (χ3v) is 3.75. The Hall–Kier alpha value is -0.240. The topological polar surface area (TPSA) is 77.4 Å². The van der Waals surface area contributed by atoms with Gasteiger partial charge in [-0.05, 0) is 26.7 Å². The number of hydrogen-bond acceptors (Lipinski definition) is 6. The summed E-state index contributed by atoms with van der Waals surface area (Å²) in [6.45, 7) is 10.7. The summed E-state index contributed by atoms with van der Waals surface area (Å²) in [6, 6.07) is 0. The Balaban J connectivity index is 4.69. The molecule has 4 unspecified atom stereocenters. The van der Waals surface area contributed by atoms with Gasteiger partial charge in [0.2, 0.25) is 11.6 Å². The Kier molecular flexibility index (Phi) is 7.28. The van der Waals surface area contributed by atoms with Gasteiger partial charge in [0, 0.05) is 11.8 Å². The summed E-state index contributed by atoms with van der Waals surface area (Å²) in [5, 5.41) is 17.9. The first kappa shape index (κ1) is 17.8. The summed E-state index contributed by atoms with van der Waals surface area (Å²) >= 11 is 0. The molecule has 0 aliphatic carbocycles. The average Bonchev–Trinajstić information content (AvgIpc) is 2.42. The molecule has 0 aliphatic rings. The molecule has 0 saturated carbocycles. The van der Waals surface area contributed by atoms with E-state index in [2.05, 4.69) is 9.78 Å². The van der Waals surface area contributed by atoms with Gasteiger partial charge in [-0.25, -0.2) is 20.3 Å². The van der Waals surface area contributed by atoms with E-state index in [1.165, 1.54) is 0 Å². The summed E-state index contributed by atoms with van der Waals surface area (Å²) in [5.74, 6) is -2.85. The predicted molar refractivity (Wildman–Crippen MR) is 65.3 cm³/mol. The Morgan fingerprint density at radius 1 is 0.833 bits per heavy atom. The Morgan fingerprint density at radius 2 is 1.11 bits per heavy atom. The van der Waals surface area contributed by atoms with Crippen LogP contribution in [0.15, 0.2) is 0 Å². The summed E-state index contributed by atoms with van der Waals surface area (Å²) in [7, 11) is 0. The van der Waals surface area contributed by atoms with E-state index in [-0.39, 0.29) is 11.8 Å². The third kappa shape index (κ3) is 4.15. The first-order valence-corrected chi connectivity index (χ1v) is 6.31. The minimum Gasteiger partial charge on any atom is -0.249 e. The lowest BCUT2D eigenvalue weighted by molar-refractivity contribution is -0.578. The molecule has 6 heteroatoms. The smallest absolute Gasteiger partial charge is 0.233 e. The average molecular weight is 266 g/mol. The maximum atomic E-state index is 8.94. The van der Waals surface area contributed by atoms with Crippen molar-refractivity contribution in [2.75, 3.05) is 0 Å². The Bertz CT molecular complexity index is 213. The van der Waals surface area contributed by atoms with Crippen LogP contribution in [-0.2, 0) is 19.6 Å². The Labute approximate surface area is 109 Å². The fourth-order valence-electron chi connectivity index (χ4n) is 1.28. The predicted octanol–water partition coefficient (Wildman–Crippen LogP) is 3.44. The molecule has 18 heavy (non-hydrogen) atoms. The van der Waals surface area contributed by atoms with Crippen LogP contribution in [-0.4, -0.2) is 22.1 Å². The number of rotatable bonds is 9. The van der Waals surface area contributed by atoms with Crippen LogP contribution >= 0.6 is 0 Å². The van der Waals surface area contributed by atoms with Crippen LogP contribution in [0.1, 0.15) is 54.4 Å². The standard InChI is InChI=1S/C12H26O6/c1-7-9(3)11(5,15-13)17-18-12(6,16-14)10(4)8-2/h9-10,13-14H,7-8H2,1-6H3. The Morgan fingerprint density at radius 3 is 1.28 bits per heavy atom. The highest BCUT2D eigenvalue weighted by Gasteiger charge is 2.41. The van der Waals surface area contributed by atoms with Gasteiger partial charge in [0.05, 0.1) is 0 Å². The number of hydrogen-bond donors (Lipinski definition) is 2. The molecule has 0 fully saturated rings. The molecule has 0 aromatic carbocycles. The highest BCUT2D eigenvalue weighted by Crippen LogP contribution is 2.31. The monoisotopic (exact) mass is 266 g/mol. The maximum absolute atomic E-state index is 8.94. The fourth-order valence-corrected chi connectivity index (χ4v) is 1.28. The van der Waals surface area contributed by atoms with Gasteiger partial charge in [0.25, 0.3) is 0 Å². The zero-order valence-electron chi connectivity index (χ0n) is 12.1. The SMILES string of the molecule is CCC(C)C(C)(OO)OOC(C)(OO)C(C)CC. The molecule has 2 N–H and O–H groups in total. The molecule has 4 atom stereocenters. The lowest BCUT2D eigenvalue weighted by atomic mass is 9.99. The zero-order chi connectivity index (χ0) is 14.4. The molecule has 0 radical (unpaired) electrons. The van der Waals surface area contributed by atoms with Gasteiger partial charge >= 0.3 is 0 Å². The second-order valence-corrected chi connectivity index (χ2v) is 5.00. The highest BCUT2D eigenvalue weighted by atomic mass is 17.3. The van der Waals surface area contributed by atoms with Gasteiger partial charge in [0.1, 0.15) is 0 Å². The maximum Gasteiger partial charge on any atom is 0.233 e. The van der Waals surface area contributed by atoms with Crippen LogP contribution in [0, 0.1) is 11.8 Å². The first-order chi connectivity index (χ1) is 8.29. The van der Waals surface area contributed by atoms with E-state index in [9.17, 15) is 0 Å². The van der Waals surface area contributed by atoms with Crippen LogP contribution in [0.25, 0.3) is 0 Å². The molecule has 0 aliphatic heterocycles. The largest absolute Gasteiger partial charge is 0.249 e. The van der Waals surface area contributed by atoms with Crippen molar-refractivity contribution >= 4 is 0 Å². The van der Waals surface area contributed by atoms with Crippen molar-refractivity contribution in [2.45, 2.75) is 66.0 Å². The molecule has 0 heterocycles. The summed E-state index contributed by atoms with van der Waals surface area (Å²) in [4.78, 5) is 19.0. The summed E-state index contributed by atoms with van der Waals surface area (Å²) < 4.78 is 0. The molecule has 0 bridgehead atoms. The highest BCUT2D eigenvalue weighted by molar-refractivity contribution is 4.70. The molecule has 6 nitrogen and oxygen atoms in total. The lowest BCUT2D eigenvalue weighted by Crippen LogP contribution is -2.45. The van der Waals surface area contributed by atoms with E-state index in [1.54, 1.807) is 13.8 Å². The molecule has 0 spiro atoms. The van der Waals surface area contributed by atoms with Gasteiger partial charge in [-0.3, -0.25) is 0 Å². The summed E-state index contributed by atoms with van der Waals surface area (Å²) in [5.41, 5.74) is 0. The van der Waals surface area contributed by atoms with Crippen molar-refractivity contribution in [3.8, 4) is 0 Å². The van der Waals surface area contributed by atoms with Gasteiger partial charge in [-0.1, -0.05) is 27.7 Å². The molecule has 0 aromatic heterocycles. The van der Waals surface area contributed by atoms with Gasteiger partial charge in [0.15, 0.2) is 0 Å². The lowest BCUT2D eigenvalue weighted by Gasteiger charge is -2.36. The van der Waals surface area contributed by atoms with E-state index >= 15 is 0 Å². The first-order valence-electron chi connectivity index (χ1n) is 6.31. The minimum atomic E-state index is -1.32. The van der Waals surface area contributed by atoms with Crippen LogP contribution < -0.4 is 0 Å². The van der Waals surface area contributed by atoms with Crippen molar-refractivity contribution in [1.29, 1.82) is 0 Å². The van der Waals surface area contributed by atoms with Crippen molar-refractivity contribution in [3.05, 3.63) is 0 Å². The van der Waals surface area contributed by atoms with Crippen LogP contribution in [0.5, 0.6) is 0 Å². The van der Waals surface area contributed by atoms with Crippen molar-refractivity contribution in [3.63, 3.8) is 0 Å². The molecule has 0 rings (SSSR count). The van der Waals surface area contributed by atoms with Crippen molar-refractivity contribution in [2.24, 2.45) is 11.8 Å². The molecular weight excluding hydrogens is 240 g/mol. The van der Waals surface area contributed by atoms with Gasteiger partial charge < -0.3 is 0 Å². The van der Waals surface area contributed by atoms with Crippen molar-refractivity contribution < 1.29 is 30.1 Å². The molecule has 0 aromatic rings. The fraction of sp³-hybridized carbons (Fsp3) is 1.00. The van der Waals surface area contributed by atoms with E-state index in [0.717, 1.165) is 12.8 Å². The van der Waals surface area contributed by atoms with E-state index in [0.29, 0.717) is 0 Å². The van der Waals surface area contributed by atoms with Crippen LogP contribution in [0.4, 0.5) is 0 Å².